The van der Waals surface area contributed by atoms with Crippen molar-refractivity contribution in [1.82, 2.24) is 0 Å². The average Bonchev–Trinajstić information content (AvgIpc) is 3.47. The van der Waals surface area contributed by atoms with Crippen molar-refractivity contribution in [3.05, 3.63) is 54.1 Å². The third-order valence-corrected chi connectivity index (χ3v) is 7.66. The molecule has 1 aliphatic carbocycles. The zero-order valence-corrected chi connectivity index (χ0v) is 17.1. The lowest BCUT2D eigenvalue weighted by atomic mass is 10.2. The molecule has 1 atom stereocenters. The summed E-state index contributed by atoms with van der Waals surface area (Å²) in [6.07, 6.45) is 2.42. The van der Waals surface area contributed by atoms with Crippen LogP contribution in [0.1, 0.15) is 31.7 Å². The van der Waals surface area contributed by atoms with Crippen LogP contribution in [0.2, 0.25) is 0 Å². The number of nitrogens with zero attached hydrogens (tertiary/aromatic N) is 1. The number of para-hydroxylation sites is 1. The summed E-state index contributed by atoms with van der Waals surface area (Å²) in [6.45, 7) is 2.15. The van der Waals surface area contributed by atoms with Crippen molar-refractivity contribution in [3.63, 3.8) is 0 Å². The second-order valence-electron chi connectivity index (χ2n) is 7.78. The van der Waals surface area contributed by atoms with Crippen LogP contribution in [0.15, 0.2) is 53.4 Å². The average molecular weight is 413 g/mol. The molecule has 2 aliphatic rings. The zero-order chi connectivity index (χ0) is 20.6. The lowest BCUT2D eigenvalue weighted by molar-refractivity contribution is -0.119. The number of hydrogen-bond donors (Lipinski definition) is 1. The molecule has 1 heterocycles. The Morgan fingerprint density at radius 1 is 1.14 bits per heavy atom. The Hall–Kier alpha value is -2.67. The number of rotatable bonds is 6. The number of anilines is 2. The highest BCUT2D eigenvalue weighted by Gasteiger charge is 2.37. The van der Waals surface area contributed by atoms with Crippen LogP contribution < -0.4 is 10.2 Å². The fourth-order valence-corrected chi connectivity index (χ4v) is 5.07. The van der Waals surface area contributed by atoms with Gasteiger partial charge in [0.25, 0.3) is 0 Å². The molecule has 0 bridgehead atoms. The number of nitrogens with one attached hydrogen (secondary N) is 1. The summed E-state index contributed by atoms with van der Waals surface area (Å²) in [5.74, 6) is -0.0625. The molecule has 1 fully saturated rings. The predicted molar refractivity (Wildman–Crippen MR) is 112 cm³/mol. The van der Waals surface area contributed by atoms with E-state index in [9.17, 15) is 18.0 Å². The minimum absolute atomic E-state index is 0.124. The molecule has 7 heteroatoms. The SMILES string of the molecule is C[C@H](CC(=O)Nc1ccccc1)S(=O)(=O)c1ccc2c(c1)CCN2C(=O)C1CC1. The van der Waals surface area contributed by atoms with Crippen LogP contribution in [0.4, 0.5) is 11.4 Å². The fraction of sp³-hybridized carbons (Fsp3) is 0.364. The molecule has 0 aromatic heterocycles. The van der Waals surface area contributed by atoms with E-state index in [0.29, 0.717) is 18.7 Å². The quantitative estimate of drug-likeness (QED) is 0.790. The Kier molecular flexibility index (Phi) is 5.17. The molecule has 0 spiro atoms. The Bertz CT molecular complexity index is 1050. The Morgan fingerprint density at radius 2 is 1.86 bits per heavy atom. The smallest absolute Gasteiger partial charge is 0.230 e. The predicted octanol–water partition coefficient (Wildman–Crippen LogP) is 3.18. The molecule has 1 N–H and O–H groups in total. The summed E-state index contributed by atoms with van der Waals surface area (Å²) < 4.78 is 26.0. The number of carbonyl (C=O) groups is 2. The van der Waals surface area contributed by atoms with E-state index in [4.69, 9.17) is 0 Å². The summed E-state index contributed by atoms with van der Waals surface area (Å²) >= 11 is 0. The normalized spacial score (nSPS) is 16.9. The third-order valence-electron chi connectivity index (χ3n) is 5.53. The molecule has 1 aliphatic heterocycles. The van der Waals surface area contributed by atoms with Gasteiger partial charge in [-0.15, -0.1) is 0 Å². The van der Waals surface area contributed by atoms with Crippen LogP contribution in [0.5, 0.6) is 0 Å². The largest absolute Gasteiger partial charge is 0.326 e. The monoisotopic (exact) mass is 412 g/mol. The number of sulfone groups is 1. The molecule has 4 rings (SSSR count). The number of hydrogen-bond acceptors (Lipinski definition) is 4. The van der Waals surface area contributed by atoms with Gasteiger partial charge in [0.2, 0.25) is 11.8 Å². The molecule has 0 unspecified atom stereocenters. The summed E-state index contributed by atoms with van der Waals surface area (Å²) in [5, 5.41) is 1.87. The van der Waals surface area contributed by atoms with Gasteiger partial charge >= 0.3 is 0 Å². The molecule has 29 heavy (non-hydrogen) atoms. The van der Waals surface area contributed by atoms with Gasteiger partial charge in [-0.2, -0.15) is 0 Å². The van der Waals surface area contributed by atoms with Gasteiger partial charge < -0.3 is 10.2 Å². The van der Waals surface area contributed by atoms with Gasteiger partial charge in [0, 0.05) is 30.3 Å². The standard InChI is InChI=1S/C22H24N2O4S/c1-15(13-21(25)23-18-5-3-2-4-6-18)29(27,28)19-9-10-20-17(14-19)11-12-24(20)22(26)16-7-8-16/h2-6,9-10,14-16H,7-8,11-13H2,1H3,(H,23,25)/t15-/m1/s1. The van der Waals surface area contributed by atoms with E-state index in [1.54, 1.807) is 54.3 Å². The number of amides is 2. The molecule has 6 nitrogen and oxygen atoms in total. The second-order valence-corrected chi connectivity index (χ2v) is 10.1. The van der Waals surface area contributed by atoms with E-state index < -0.39 is 15.1 Å². The Labute approximate surface area is 170 Å². The molecule has 0 saturated heterocycles. The van der Waals surface area contributed by atoms with Crippen molar-refractivity contribution >= 4 is 33.0 Å². The van der Waals surface area contributed by atoms with Gasteiger partial charge in [-0.05, 0) is 62.1 Å². The summed E-state index contributed by atoms with van der Waals surface area (Å²) in [4.78, 5) is 26.6. The molecular formula is C22H24N2O4S. The van der Waals surface area contributed by atoms with Crippen molar-refractivity contribution in [1.29, 1.82) is 0 Å². The Balaban J connectivity index is 1.47. The van der Waals surface area contributed by atoms with Crippen LogP contribution in [0.3, 0.4) is 0 Å². The van der Waals surface area contributed by atoms with Crippen molar-refractivity contribution in [2.75, 3.05) is 16.8 Å². The fourth-order valence-electron chi connectivity index (χ4n) is 3.67. The summed E-state index contributed by atoms with van der Waals surface area (Å²) in [6, 6.07) is 13.9. The lowest BCUT2D eigenvalue weighted by Crippen LogP contribution is -2.30. The number of carbonyl (C=O) groups excluding carboxylic acids is 2. The van der Waals surface area contributed by atoms with Crippen LogP contribution in [0, 0.1) is 5.92 Å². The first-order valence-electron chi connectivity index (χ1n) is 9.89. The van der Waals surface area contributed by atoms with Gasteiger partial charge in [0.15, 0.2) is 9.84 Å². The van der Waals surface area contributed by atoms with Crippen LogP contribution in [-0.4, -0.2) is 32.0 Å². The first kappa shape index (κ1) is 19.6. The zero-order valence-electron chi connectivity index (χ0n) is 16.3. The van der Waals surface area contributed by atoms with E-state index in [2.05, 4.69) is 5.32 Å². The maximum absolute atomic E-state index is 13.0. The first-order chi connectivity index (χ1) is 13.9. The molecule has 0 radical (unpaired) electrons. The van der Waals surface area contributed by atoms with Crippen molar-refractivity contribution in [3.8, 4) is 0 Å². The van der Waals surface area contributed by atoms with Crippen LogP contribution in [0.25, 0.3) is 0 Å². The second kappa shape index (κ2) is 7.63. The third kappa shape index (κ3) is 4.05. The maximum Gasteiger partial charge on any atom is 0.230 e. The van der Waals surface area contributed by atoms with Crippen molar-refractivity contribution in [2.45, 2.75) is 42.8 Å². The molecule has 2 aromatic carbocycles. The highest BCUT2D eigenvalue weighted by atomic mass is 32.2. The van der Waals surface area contributed by atoms with Gasteiger partial charge in [-0.1, -0.05) is 18.2 Å². The summed E-state index contributed by atoms with van der Waals surface area (Å²) in [5.41, 5.74) is 2.33. The topological polar surface area (TPSA) is 83.6 Å². The minimum atomic E-state index is -3.65. The number of fused-ring (bicyclic) bond motifs is 1. The van der Waals surface area contributed by atoms with Gasteiger partial charge in [0.05, 0.1) is 10.1 Å². The highest BCUT2D eigenvalue weighted by molar-refractivity contribution is 7.92. The highest BCUT2D eigenvalue weighted by Crippen LogP contribution is 2.37. The van der Waals surface area contributed by atoms with E-state index >= 15 is 0 Å². The van der Waals surface area contributed by atoms with E-state index in [-0.39, 0.29) is 29.0 Å². The van der Waals surface area contributed by atoms with E-state index in [1.165, 1.54) is 0 Å². The molecule has 1 saturated carbocycles. The summed E-state index contributed by atoms with van der Waals surface area (Å²) in [7, 11) is -3.65. The molecule has 2 amide bonds. The van der Waals surface area contributed by atoms with Crippen LogP contribution in [-0.2, 0) is 25.8 Å². The Morgan fingerprint density at radius 3 is 2.55 bits per heavy atom. The van der Waals surface area contributed by atoms with Gasteiger partial charge in [0.1, 0.15) is 0 Å². The van der Waals surface area contributed by atoms with E-state index in [1.807, 2.05) is 6.07 Å². The lowest BCUT2D eigenvalue weighted by Gasteiger charge is -2.18. The van der Waals surface area contributed by atoms with Crippen LogP contribution >= 0.6 is 0 Å². The molecule has 2 aromatic rings. The van der Waals surface area contributed by atoms with Crippen molar-refractivity contribution < 1.29 is 18.0 Å². The van der Waals surface area contributed by atoms with Gasteiger partial charge in [-0.25, -0.2) is 8.42 Å². The van der Waals surface area contributed by atoms with Gasteiger partial charge in [-0.3, -0.25) is 9.59 Å². The molecule has 152 valence electrons. The molecular weight excluding hydrogens is 388 g/mol. The number of benzene rings is 2. The maximum atomic E-state index is 13.0. The van der Waals surface area contributed by atoms with E-state index in [0.717, 1.165) is 24.1 Å². The van der Waals surface area contributed by atoms with Crippen molar-refractivity contribution in [2.24, 2.45) is 5.92 Å². The minimum Gasteiger partial charge on any atom is -0.326 e. The first-order valence-corrected chi connectivity index (χ1v) is 11.4.